The number of nitrogens with two attached hydrogens (primary N) is 1. The molecule has 92 valence electrons. The van der Waals surface area contributed by atoms with Crippen LogP contribution >= 0.6 is 0 Å². The Kier molecular flexibility index (Phi) is 3.34. The highest BCUT2D eigenvalue weighted by atomic mass is 32.2. The topological polar surface area (TPSA) is 96.6 Å². The minimum absolute atomic E-state index is 0.0702. The molecule has 4 N–H and O–H groups in total. The van der Waals surface area contributed by atoms with Gasteiger partial charge in [-0.1, -0.05) is 0 Å². The predicted octanol–water partition coefficient (Wildman–Crippen LogP) is -0.865. The number of aliphatic imine (C=N–C) groups is 1. The van der Waals surface area contributed by atoms with Crippen LogP contribution in [-0.2, 0) is 9.84 Å². The first-order chi connectivity index (χ1) is 7.59. The van der Waals surface area contributed by atoms with Crippen LogP contribution in [0.5, 0.6) is 0 Å². The average molecular weight is 246 g/mol. The van der Waals surface area contributed by atoms with E-state index < -0.39 is 9.84 Å². The summed E-state index contributed by atoms with van der Waals surface area (Å²) in [6.07, 6.45) is 3.50. The van der Waals surface area contributed by atoms with Gasteiger partial charge in [-0.3, -0.25) is 5.43 Å². The molecule has 0 unspecified atom stereocenters. The Bertz CT molecular complexity index is 361. The minimum Gasteiger partial charge on any atom is -0.353 e. The van der Waals surface area contributed by atoms with Crippen molar-refractivity contribution in [2.45, 2.75) is 37.8 Å². The van der Waals surface area contributed by atoms with Gasteiger partial charge in [-0.2, -0.15) is 0 Å². The molecule has 0 aromatic heterocycles. The highest BCUT2D eigenvalue weighted by Gasteiger charge is 2.25. The Morgan fingerprint density at radius 1 is 1.19 bits per heavy atom. The van der Waals surface area contributed by atoms with E-state index in [9.17, 15) is 8.42 Å². The van der Waals surface area contributed by atoms with Crippen LogP contribution in [0, 0.1) is 0 Å². The lowest BCUT2D eigenvalue weighted by molar-refractivity contribution is 0.545. The maximum Gasteiger partial charge on any atom is 0.206 e. The molecule has 0 spiro atoms. The summed E-state index contributed by atoms with van der Waals surface area (Å²) in [5, 5.41) is 3.17. The van der Waals surface area contributed by atoms with Crippen molar-refractivity contribution >= 4 is 15.8 Å². The van der Waals surface area contributed by atoms with Gasteiger partial charge >= 0.3 is 0 Å². The van der Waals surface area contributed by atoms with Crippen LogP contribution < -0.4 is 16.6 Å². The van der Waals surface area contributed by atoms with Crippen LogP contribution in [0.3, 0.4) is 0 Å². The van der Waals surface area contributed by atoms with Gasteiger partial charge in [0.1, 0.15) is 9.84 Å². The monoisotopic (exact) mass is 246 g/mol. The first-order valence-electron chi connectivity index (χ1n) is 5.60. The lowest BCUT2D eigenvalue weighted by Gasteiger charge is -2.19. The summed E-state index contributed by atoms with van der Waals surface area (Å²) >= 11 is 0. The Hall–Kier alpha value is -0.820. The second kappa shape index (κ2) is 4.58. The zero-order valence-electron chi connectivity index (χ0n) is 9.15. The number of nitrogens with one attached hydrogen (secondary N) is 2. The van der Waals surface area contributed by atoms with E-state index in [1.54, 1.807) is 0 Å². The maximum atomic E-state index is 11.2. The van der Waals surface area contributed by atoms with Gasteiger partial charge in [0.15, 0.2) is 0 Å². The van der Waals surface area contributed by atoms with Crippen LogP contribution in [0.25, 0.3) is 0 Å². The summed E-state index contributed by atoms with van der Waals surface area (Å²) in [7, 11) is -2.81. The second-order valence-electron chi connectivity index (χ2n) is 4.42. The summed E-state index contributed by atoms with van der Waals surface area (Å²) in [4.78, 5) is 4.40. The van der Waals surface area contributed by atoms with Crippen LogP contribution in [0.15, 0.2) is 4.99 Å². The molecule has 6 nitrogen and oxygen atoms in total. The standard InChI is InChI=1S/C9H18N4O2S/c10-13-9(11-7-1-2-7)12-8-3-5-16(14,15)6-4-8/h7-8H,1-6,10H2,(H2,11,12,13). The van der Waals surface area contributed by atoms with Crippen LogP contribution in [0.2, 0.25) is 0 Å². The summed E-state index contributed by atoms with van der Waals surface area (Å²) in [6, 6.07) is 0.558. The number of sulfone groups is 1. The summed E-state index contributed by atoms with van der Waals surface area (Å²) in [5.41, 5.74) is 2.53. The second-order valence-corrected chi connectivity index (χ2v) is 6.73. The lowest BCUT2D eigenvalue weighted by Crippen LogP contribution is -2.44. The van der Waals surface area contributed by atoms with E-state index in [4.69, 9.17) is 5.84 Å². The van der Waals surface area contributed by atoms with Gasteiger partial charge in [0.05, 0.1) is 17.5 Å². The molecule has 0 radical (unpaired) electrons. The van der Waals surface area contributed by atoms with E-state index in [1.165, 1.54) is 0 Å². The third kappa shape index (κ3) is 3.34. The Morgan fingerprint density at radius 2 is 1.81 bits per heavy atom. The van der Waals surface area contributed by atoms with E-state index in [1.807, 2.05) is 0 Å². The predicted molar refractivity (Wildman–Crippen MR) is 62.6 cm³/mol. The minimum atomic E-state index is -2.81. The number of nitrogens with zero attached hydrogens (tertiary/aromatic N) is 1. The average Bonchev–Trinajstić information content (AvgIpc) is 3.04. The molecule has 1 saturated heterocycles. The Balaban J connectivity index is 1.89. The number of hydrogen-bond donors (Lipinski definition) is 3. The van der Waals surface area contributed by atoms with Crippen molar-refractivity contribution in [3.05, 3.63) is 0 Å². The molecule has 7 heteroatoms. The zero-order chi connectivity index (χ0) is 11.6. The molecule has 1 aliphatic heterocycles. The van der Waals surface area contributed by atoms with Crippen molar-refractivity contribution in [3.63, 3.8) is 0 Å². The molecule has 1 heterocycles. The fraction of sp³-hybridized carbons (Fsp3) is 0.889. The van der Waals surface area contributed by atoms with Gasteiger partial charge in [0.25, 0.3) is 0 Å². The maximum absolute atomic E-state index is 11.2. The van der Waals surface area contributed by atoms with Crippen molar-refractivity contribution in [1.29, 1.82) is 0 Å². The lowest BCUT2D eigenvalue weighted by atomic mass is 10.2. The molecule has 0 bridgehead atoms. The molecular weight excluding hydrogens is 228 g/mol. The van der Waals surface area contributed by atoms with Crippen molar-refractivity contribution in [2.24, 2.45) is 10.8 Å². The summed E-state index contributed by atoms with van der Waals surface area (Å²) in [6.45, 7) is 0. The van der Waals surface area contributed by atoms with Gasteiger partial charge in [-0.15, -0.1) is 0 Å². The molecule has 2 rings (SSSR count). The molecule has 0 aromatic rings. The largest absolute Gasteiger partial charge is 0.353 e. The number of rotatable bonds is 2. The fourth-order valence-corrected chi connectivity index (χ4v) is 3.19. The van der Waals surface area contributed by atoms with Crippen molar-refractivity contribution in [3.8, 4) is 0 Å². The fourth-order valence-electron chi connectivity index (χ4n) is 1.73. The number of guanidine groups is 1. The highest BCUT2D eigenvalue weighted by Crippen LogP contribution is 2.19. The molecule has 1 aliphatic carbocycles. The van der Waals surface area contributed by atoms with Gasteiger partial charge in [0.2, 0.25) is 5.96 Å². The Morgan fingerprint density at radius 3 is 2.31 bits per heavy atom. The van der Waals surface area contributed by atoms with Crippen molar-refractivity contribution < 1.29 is 8.42 Å². The van der Waals surface area contributed by atoms with Crippen molar-refractivity contribution in [1.82, 2.24) is 10.7 Å². The third-order valence-electron chi connectivity index (χ3n) is 2.89. The molecule has 0 atom stereocenters. The molecule has 2 fully saturated rings. The Labute approximate surface area is 95.6 Å². The quantitative estimate of drug-likeness (QED) is 0.255. The molecule has 1 saturated carbocycles. The molecule has 0 amide bonds. The van der Waals surface area contributed by atoms with Crippen LogP contribution in [0.4, 0.5) is 0 Å². The first kappa shape index (κ1) is 11.7. The van der Waals surface area contributed by atoms with E-state index in [-0.39, 0.29) is 17.5 Å². The molecule has 0 aromatic carbocycles. The van der Waals surface area contributed by atoms with Crippen LogP contribution in [-0.4, -0.2) is 38.0 Å². The van der Waals surface area contributed by atoms with Crippen molar-refractivity contribution in [2.75, 3.05) is 11.5 Å². The molecular formula is C9H18N4O2S. The number of hydrazine groups is 1. The zero-order valence-corrected chi connectivity index (χ0v) is 9.96. The smallest absolute Gasteiger partial charge is 0.206 e. The third-order valence-corrected chi connectivity index (χ3v) is 4.61. The van der Waals surface area contributed by atoms with E-state index in [0.29, 0.717) is 24.8 Å². The van der Waals surface area contributed by atoms with E-state index in [2.05, 4.69) is 15.7 Å². The normalized spacial score (nSPS) is 26.4. The number of hydrogen-bond acceptors (Lipinski definition) is 4. The summed E-state index contributed by atoms with van der Waals surface area (Å²) < 4.78 is 22.5. The van der Waals surface area contributed by atoms with Gasteiger partial charge in [-0.25, -0.2) is 19.3 Å². The van der Waals surface area contributed by atoms with E-state index in [0.717, 1.165) is 12.8 Å². The molecule has 16 heavy (non-hydrogen) atoms. The SMILES string of the molecule is NNC(=NC1CCS(=O)(=O)CC1)NC1CC1. The highest BCUT2D eigenvalue weighted by molar-refractivity contribution is 7.91. The molecule has 2 aliphatic rings. The first-order valence-corrected chi connectivity index (χ1v) is 7.42. The van der Waals surface area contributed by atoms with Gasteiger partial charge < -0.3 is 5.32 Å². The van der Waals surface area contributed by atoms with Gasteiger partial charge in [0, 0.05) is 6.04 Å². The summed E-state index contributed by atoms with van der Waals surface area (Å²) in [5.74, 6) is 6.42. The van der Waals surface area contributed by atoms with Crippen LogP contribution in [0.1, 0.15) is 25.7 Å². The van der Waals surface area contributed by atoms with E-state index >= 15 is 0 Å². The van der Waals surface area contributed by atoms with Gasteiger partial charge in [-0.05, 0) is 25.7 Å².